The summed E-state index contributed by atoms with van der Waals surface area (Å²) < 4.78 is 15.5. The van der Waals surface area contributed by atoms with Crippen LogP contribution in [0.2, 0.25) is 0 Å². The van der Waals surface area contributed by atoms with E-state index in [1.54, 1.807) is 31.2 Å². The molecule has 3 aromatic rings. The highest BCUT2D eigenvalue weighted by molar-refractivity contribution is 7.19. The standard InChI is InChI=1S/C28H32N6O5S2/c1-7-28(4,5)26(37)39-20-12-14-34(15-13-20)27-30-22(18-8-10-19(11-9-18)38-17(3)25(35)36)23(40-27)31-32-24-21(29-6)16(2)33-41-24/h8-11,17,20H,7,12-15H2,1-5H3,(H,35,36)/b32-31+. The second-order valence-electron chi connectivity index (χ2n) is 10.3. The summed E-state index contributed by atoms with van der Waals surface area (Å²) >= 11 is 2.50. The Morgan fingerprint density at radius 3 is 2.49 bits per heavy atom. The van der Waals surface area contributed by atoms with Crippen LogP contribution < -0.4 is 9.64 Å². The Hall–Kier alpha value is -3.89. The highest BCUT2D eigenvalue weighted by atomic mass is 32.1. The Morgan fingerprint density at radius 2 is 1.88 bits per heavy atom. The molecule has 1 atom stereocenters. The summed E-state index contributed by atoms with van der Waals surface area (Å²) in [7, 11) is 0. The average molecular weight is 597 g/mol. The number of thiazole rings is 1. The molecule has 1 N–H and O–H groups in total. The first-order valence-electron chi connectivity index (χ1n) is 13.2. The molecule has 13 heteroatoms. The molecule has 1 saturated heterocycles. The fraction of sp³-hybridized carbons (Fsp3) is 0.464. The van der Waals surface area contributed by atoms with Gasteiger partial charge >= 0.3 is 11.9 Å². The number of aromatic nitrogens is 2. The second kappa shape index (κ2) is 12.7. The highest BCUT2D eigenvalue weighted by Gasteiger charge is 2.32. The van der Waals surface area contributed by atoms with Gasteiger partial charge in [-0.2, -0.15) is 0 Å². The molecule has 0 saturated carbocycles. The van der Waals surface area contributed by atoms with Crippen LogP contribution >= 0.6 is 22.9 Å². The Balaban J connectivity index is 1.57. The van der Waals surface area contributed by atoms with E-state index in [4.69, 9.17) is 26.1 Å². The maximum Gasteiger partial charge on any atom is 0.344 e. The van der Waals surface area contributed by atoms with Crippen molar-refractivity contribution < 1.29 is 24.2 Å². The lowest BCUT2D eigenvalue weighted by Gasteiger charge is -2.33. The Kier molecular flexibility index (Phi) is 9.35. The first-order chi connectivity index (χ1) is 19.5. The molecule has 1 aliphatic rings. The zero-order valence-electron chi connectivity index (χ0n) is 23.6. The number of piperidine rings is 1. The first-order valence-corrected chi connectivity index (χ1v) is 14.8. The van der Waals surface area contributed by atoms with Gasteiger partial charge in [0.05, 0.1) is 17.7 Å². The van der Waals surface area contributed by atoms with Crippen molar-refractivity contribution in [1.82, 2.24) is 9.36 Å². The number of aryl methyl sites for hydroxylation is 1. The summed E-state index contributed by atoms with van der Waals surface area (Å²) in [5, 5.41) is 19.7. The number of aliphatic carboxylic acids is 1. The number of rotatable bonds is 10. The van der Waals surface area contributed by atoms with Crippen molar-refractivity contribution in [3.05, 3.63) is 41.4 Å². The fourth-order valence-electron chi connectivity index (χ4n) is 3.90. The molecule has 1 aliphatic heterocycles. The molecule has 11 nitrogen and oxygen atoms in total. The third kappa shape index (κ3) is 7.07. The molecule has 216 valence electrons. The number of carbonyl (C=O) groups excluding carboxylic acids is 1. The van der Waals surface area contributed by atoms with Gasteiger partial charge in [0.25, 0.3) is 0 Å². The van der Waals surface area contributed by atoms with Crippen molar-refractivity contribution in [2.24, 2.45) is 15.6 Å². The number of esters is 1. The van der Waals surface area contributed by atoms with E-state index in [0.29, 0.717) is 65.2 Å². The zero-order chi connectivity index (χ0) is 29.7. The monoisotopic (exact) mass is 596 g/mol. The number of carbonyl (C=O) groups is 2. The van der Waals surface area contributed by atoms with Crippen LogP contribution in [-0.4, -0.2) is 51.7 Å². The number of carboxylic acids is 1. The number of hydrogen-bond donors (Lipinski definition) is 1. The number of hydrogen-bond acceptors (Lipinski definition) is 11. The van der Waals surface area contributed by atoms with E-state index in [2.05, 4.69) is 24.3 Å². The van der Waals surface area contributed by atoms with Crippen molar-refractivity contribution in [2.45, 2.75) is 66.1 Å². The van der Waals surface area contributed by atoms with Crippen LogP contribution in [0.1, 0.15) is 52.7 Å². The van der Waals surface area contributed by atoms with Crippen molar-refractivity contribution in [3.8, 4) is 17.0 Å². The van der Waals surface area contributed by atoms with Crippen LogP contribution in [0.25, 0.3) is 16.1 Å². The molecule has 0 aliphatic carbocycles. The molecule has 0 spiro atoms. The lowest BCUT2D eigenvalue weighted by molar-refractivity contribution is -0.160. The first kappa shape index (κ1) is 30.1. The normalized spacial score (nSPS) is 15.1. The number of azo groups is 1. The van der Waals surface area contributed by atoms with Crippen molar-refractivity contribution in [1.29, 1.82) is 0 Å². The Bertz CT molecular complexity index is 1470. The lowest BCUT2D eigenvalue weighted by atomic mass is 9.90. The molecule has 41 heavy (non-hydrogen) atoms. The Morgan fingerprint density at radius 1 is 1.22 bits per heavy atom. The third-order valence-corrected chi connectivity index (χ3v) is 8.78. The van der Waals surface area contributed by atoms with Crippen molar-refractivity contribution >= 4 is 55.6 Å². The summed E-state index contributed by atoms with van der Waals surface area (Å²) in [6, 6.07) is 6.97. The highest BCUT2D eigenvalue weighted by Crippen LogP contribution is 2.43. The summed E-state index contributed by atoms with van der Waals surface area (Å²) in [6.07, 6.45) is 0.990. The van der Waals surface area contributed by atoms with Crippen LogP contribution in [0.4, 0.5) is 20.8 Å². The zero-order valence-corrected chi connectivity index (χ0v) is 25.2. The van der Waals surface area contributed by atoms with E-state index in [0.717, 1.165) is 22.2 Å². The van der Waals surface area contributed by atoms with Crippen LogP contribution in [0.5, 0.6) is 5.75 Å². The summed E-state index contributed by atoms with van der Waals surface area (Å²) in [6.45, 7) is 17.8. The maximum atomic E-state index is 12.5. The van der Waals surface area contributed by atoms with Gasteiger partial charge in [-0.05, 0) is 69.9 Å². The molecule has 1 fully saturated rings. The van der Waals surface area contributed by atoms with E-state index < -0.39 is 17.5 Å². The summed E-state index contributed by atoms with van der Waals surface area (Å²) in [5.41, 5.74) is 1.85. The fourth-order valence-corrected chi connectivity index (χ4v) is 5.53. The topological polar surface area (TPSA) is 131 Å². The van der Waals surface area contributed by atoms with Gasteiger partial charge in [0, 0.05) is 31.5 Å². The van der Waals surface area contributed by atoms with Crippen molar-refractivity contribution in [3.63, 3.8) is 0 Å². The third-order valence-electron chi connectivity index (χ3n) is 6.97. The second-order valence-corrected chi connectivity index (χ2v) is 12.0. The molecule has 3 heterocycles. The molecular formula is C28H32N6O5S2. The van der Waals surface area contributed by atoms with E-state index in [9.17, 15) is 9.59 Å². The van der Waals surface area contributed by atoms with Crippen molar-refractivity contribution in [2.75, 3.05) is 18.0 Å². The lowest BCUT2D eigenvalue weighted by Crippen LogP contribution is -2.39. The summed E-state index contributed by atoms with van der Waals surface area (Å²) in [5.74, 6) is -0.794. The van der Waals surface area contributed by atoms with Crippen LogP contribution in [0.3, 0.4) is 0 Å². The quantitative estimate of drug-likeness (QED) is 0.146. The number of benzene rings is 1. The van der Waals surface area contributed by atoms with E-state index in [1.807, 2.05) is 20.8 Å². The van der Waals surface area contributed by atoms with Gasteiger partial charge in [-0.25, -0.2) is 19.0 Å². The number of ether oxygens (including phenoxy) is 2. The molecule has 0 bridgehead atoms. The molecule has 0 amide bonds. The number of carboxylic acid groups (broad SMARTS) is 1. The minimum Gasteiger partial charge on any atom is -0.479 e. The van der Waals surface area contributed by atoms with Gasteiger partial charge in [0.2, 0.25) is 5.69 Å². The summed E-state index contributed by atoms with van der Waals surface area (Å²) in [4.78, 5) is 34.3. The predicted octanol–water partition coefficient (Wildman–Crippen LogP) is 7.34. The minimum atomic E-state index is -1.05. The average Bonchev–Trinajstić information content (AvgIpc) is 3.55. The smallest absolute Gasteiger partial charge is 0.344 e. The minimum absolute atomic E-state index is 0.134. The molecule has 1 aromatic carbocycles. The van der Waals surface area contributed by atoms with E-state index in [-0.39, 0.29) is 12.1 Å². The van der Waals surface area contributed by atoms with Gasteiger partial charge < -0.3 is 19.5 Å². The molecule has 1 unspecified atom stereocenters. The molecule has 2 aromatic heterocycles. The van der Waals surface area contributed by atoms with Gasteiger partial charge in [0.1, 0.15) is 17.5 Å². The van der Waals surface area contributed by atoms with Crippen LogP contribution in [-0.2, 0) is 14.3 Å². The SMILES string of the molecule is [C-]#[N+]c1c(C)nsc1/N=N/c1sc(N2CCC(OC(=O)C(C)(C)CC)CC2)nc1-c1ccc(OC(C)C(=O)O)cc1. The van der Waals surface area contributed by atoms with Gasteiger partial charge in [-0.15, -0.1) is 10.2 Å². The number of anilines is 1. The van der Waals surface area contributed by atoms with Crippen LogP contribution in [0.15, 0.2) is 34.5 Å². The maximum absolute atomic E-state index is 12.5. The molecule has 0 radical (unpaired) electrons. The molecule has 4 rings (SSSR count). The van der Waals surface area contributed by atoms with Gasteiger partial charge in [-0.3, -0.25) is 4.79 Å². The number of nitrogens with zero attached hydrogens (tertiary/aromatic N) is 6. The molecular weight excluding hydrogens is 564 g/mol. The largest absolute Gasteiger partial charge is 0.479 e. The van der Waals surface area contributed by atoms with Gasteiger partial charge in [-0.1, -0.05) is 18.3 Å². The predicted molar refractivity (Wildman–Crippen MR) is 158 cm³/mol. The van der Waals surface area contributed by atoms with E-state index >= 15 is 0 Å². The van der Waals surface area contributed by atoms with Crippen LogP contribution in [0, 0.1) is 18.9 Å². The Labute approximate surface area is 246 Å². The van der Waals surface area contributed by atoms with Gasteiger partial charge in [0.15, 0.2) is 21.2 Å². The van der Waals surface area contributed by atoms with E-state index in [1.165, 1.54) is 18.3 Å².